The molecule has 0 aliphatic carbocycles. The zero-order valence-electron chi connectivity index (χ0n) is 18.3. The van der Waals surface area contributed by atoms with Gasteiger partial charge < -0.3 is 19.4 Å². The van der Waals surface area contributed by atoms with Crippen LogP contribution in [-0.4, -0.2) is 41.2 Å². The van der Waals surface area contributed by atoms with E-state index >= 15 is 0 Å². The molecule has 1 aliphatic heterocycles. The third kappa shape index (κ3) is 4.86. The lowest BCUT2D eigenvalue weighted by atomic mass is 10.0. The van der Waals surface area contributed by atoms with E-state index in [2.05, 4.69) is 39.1 Å². The van der Waals surface area contributed by atoms with Crippen molar-refractivity contribution >= 4 is 36.6 Å². The van der Waals surface area contributed by atoms with E-state index in [0.29, 0.717) is 21.9 Å². The number of halogens is 1. The van der Waals surface area contributed by atoms with Crippen LogP contribution in [0.4, 0.5) is 5.69 Å². The summed E-state index contributed by atoms with van der Waals surface area (Å²) in [6.07, 6.45) is 0. The molecule has 10 heteroatoms. The first-order valence-corrected chi connectivity index (χ1v) is 12.2. The summed E-state index contributed by atoms with van der Waals surface area (Å²) >= 11 is 6.60. The molecule has 0 bridgehead atoms. The number of hydrogen-bond acceptors (Lipinski definition) is 6. The van der Waals surface area contributed by atoms with Crippen molar-refractivity contribution in [2.45, 2.75) is 6.92 Å². The van der Waals surface area contributed by atoms with Crippen molar-refractivity contribution in [1.29, 1.82) is 0 Å². The zero-order valence-corrected chi connectivity index (χ0v) is 20.0. The molecule has 34 heavy (non-hydrogen) atoms. The fourth-order valence-corrected chi connectivity index (χ4v) is 4.53. The van der Waals surface area contributed by atoms with Crippen molar-refractivity contribution < 1.29 is 23.5 Å². The zero-order chi connectivity index (χ0) is 23.7. The Hall–Kier alpha value is -3.16. The molecule has 1 saturated heterocycles. The molecular weight excluding hydrogens is 477 g/mol. The van der Waals surface area contributed by atoms with E-state index in [9.17, 15) is 4.57 Å². The third-order valence-corrected chi connectivity index (χ3v) is 6.32. The van der Waals surface area contributed by atoms with Gasteiger partial charge in [-0.05, 0) is 48.4 Å². The van der Waals surface area contributed by atoms with Gasteiger partial charge in [-0.25, -0.2) is 4.52 Å². The number of nitrogens with one attached hydrogen (secondary N) is 1. The summed E-state index contributed by atoms with van der Waals surface area (Å²) in [7, 11) is -2.77. The highest BCUT2D eigenvalue weighted by atomic mass is 35.5. The number of anilines is 1. The van der Waals surface area contributed by atoms with Gasteiger partial charge in [-0.2, -0.15) is 4.98 Å². The number of aromatic amines is 1. The van der Waals surface area contributed by atoms with Crippen LogP contribution in [0.2, 0.25) is 5.02 Å². The van der Waals surface area contributed by atoms with Gasteiger partial charge in [0, 0.05) is 35.0 Å². The van der Waals surface area contributed by atoms with Crippen molar-refractivity contribution in [2.24, 2.45) is 0 Å². The second-order valence-corrected chi connectivity index (χ2v) is 8.96. The fourth-order valence-electron chi connectivity index (χ4n) is 3.89. The molecule has 174 valence electrons. The highest BCUT2D eigenvalue weighted by molar-refractivity contribution is 7.32. The highest BCUT2D eigenvalue weighted by Gasteiger charge is 2.18. The summed E-state index contributed by atoms with van der Waals surface area (Å²) in [6, 6.07) is 17.3. The molecule has 1 aromatic heterocycles. The molecule has 1 aliphatic rings. The Labute approximate surface area is 202 Å². The lowest BCUT2D eigenvalue weighted by Gasteiger charge is -2.29. The van der Waals surface area contributed by atoms with Gasteiger partial charge in [0.2, 0.25) is 0 Å². The van der Waals surface area contributed by atoms with Crippen molar-refractivity contribution in [2.75, 3.05) is 31.2 Å². The Bertz CT molecular complexity index is 1350. The molecule has 0 spiro atoms. The van der Waals surface area contributed by atoms with Crippen LogP contribution < -0.4 is 14.2 Å². The Morgan fingerprint density at radius 1 is 1.12 bits per heavy atom. The van der Waals surface area contributed by atoms with Crippen molar-refractivity contribution in [1.82, 2.24) is 9.97 Å². The predicted octanol–water partition coefficient (Wildman–Crippen LogP) is 5.85. The summed E-state index contributed by atoms with van der Waals surface area (Å²) < 4.78 is 27.2. The third-order valence-electron chi connectivity index (χ3n) is 5.65. The first kappa shape index (κ1) is 22.6. The van der Waals surface area contributed by atoms with E-state index < -0.39 is 8.25 Å². The number of morpholine rings is 1. The molecule has 1 unspecified atom stereocenters. The first-order valence-electron chi connectivity index (χ1n) is 10.7. The van der Waals surface area contributed by atoms with E-state index in [-0.39, 0.29) is 11.8 Å². The Kier molecular flexibility index (Phi) is 6.39. The second-order valence-electron chi connectivity index (χ2n) is 7.90. The van der Waals surface area contributed by atoms with Gasteiger partial charge in [0.25, 0.3) is 6.01 Å². The molecule has 4 aromatic rings. The number of imidazole rings is 1. The Morgan fingerprint density at radius 2 is 1.88 bits per heavy atom. The minimum atomic E-state index is -2.77. The number of benzene rings is 3. The fraction of sp³-hybridized carbons (Fsp3) is 0.208. The predicted molar refractivity (Wildman–Crippen MR) is 131 cm³/mol. The second kappa shape index (κ2) is 9.60. The molecule has 8 nitrogen and oxygen atoms in total. The van der Waals surface area contributed by atoms with Crippen LogP contribution in [0, 0.1) is 6.92 Å². The smallest absolute Gasteiger partial charge is 0.425 e. The van der Waals surface area contributed by atoms with Crippen LogP contribution in [0.5, 0.6) is 17.5 Å². The number of fused-ring (bicyclic) bond motifs is 1. The molecule has 1 fully saturated rings. The lowest BCUT2D eigenvalue weighted by molar-refractivity contribution is 0.122. The minimum Gasteiger partial charge on any atom is -0.425 e. The normalized spacial score (nSPS) is 14.3. The number of nitrogens with zero attached hydrogens (tertiary/aromatic N) is 2. The quantitative estimate of drug-likeness (QED) is 0.322. The molecule has 2 heterocycles. The van der Waals surface area contributed by atoms with Gasteiger partial charge in [0.05, 0.1) is 29.3 Å². The molecule has 0 amide bonds. The van der Waals surface area contributed by atoms with E-state index in [4.69, 9.17) is 30.5 Å². The molecule has 0 saturated carbocycles. The highest BCUT2D eigenvalue weighted by Crippen LogP contribution is 2.35. The summed E-state index contributed by atoms with van der Waals surface area (Å²) in [4.78, 5) is 19.0. The van der Waals surface area contributed by atoms with Crippen LogP contribution >= 0.6 is 19.9 Å². The van der Waals surface area contributed by atoms with Gasteiger partial charge in [-0.15, -0.1) is 4.89 Å². The maximum Gasteiger partial charge on any atom is 0.747 e. The maximum absolute atomic E-state index is 11.0. The van der Waals surface area contributed by atoms with Crippen molar-refractivity contribution in [3.8, 4) is 28.6 Å². The van der Waals surface area contributed by atoms with Crippen molar-refractivity contribution in [3.05, 3.63) is 65.2 Å². The summed E-state index contributed by atoms with van der Waals surface area (Å²) in [6.45, 7) is 5.03. The van der Waals surface area contributed by atoms with Crippen LogP contribution in [0.1, 0.15) is 5.56 Å². The van der Waals surface area contributed by atoms with Crippen LogP contribution in [0.25, 0.3) is 22.2 Å². The first-order chi connectivity index (χ1) is 16.5. The van der Waals surface area contributed by atoms with Gasteiger partial charge in [-0.3, -0.25) is 0 Å². The Morgan fingerprint density at radius 3 is 2.62 bits per heavy atom. The molecule has 2 N–H and O–H groups in total. The number of aryl methyl sites for hydroxylation is 1. The van der Waals surface area contributed by atoms with Crippen molar-refractivity contribution in [3.63, 3.8) is 0 Å². The standard InChI is InChI=1S/C24H21ClN3O5P/c1-15-2-7-18(12-23(15)33-34(29)30)32-24-26-21-13-19(20(25)14-22(21)27-24)16-3-5-17(6-4-16)28-8-10-31-11-9-28/h2-7,12-14H,8-11H2,1H3,(H-,26,27,29,30)/p+1. The van der Waals surface area contributed by atoms with Crippen LogP contribution in [0.15, 0.2) is 54.6 Å². The average molecular weight is 499 g/mol. The molecule has 1 atom stereocenters. The Balaban J connectivity index is 1.39. The summed E-state index contributed by atoms with van der Waals surface area (Å²) in [5.74, 6) is 0.685. The number of aromatic nitrogens is 2. The average Bonchev–Trinajstić information content (AvgIpc) is 3.22. The van der Waals surface area contributed by atoms with E-state index in [1.54, 1.807) is 25.1 Å². The number of hydrogen-bond donors (Lipinski definition) is 2. The largest absolute Gasteiger partial charge is 0.747 e. The monoisotopic (exact) mass is 498 g/mol. The van der Waals surface area contributed by atoms with E-state index in [1.807, 2.05) is 12.1 Å². The van der Waals surface area contributed by atoms with Gasteiger partial charge in [0.1, 0.15) is 5.75 Å². The maximum atomic E-state index is 11.0. The van der Waals surface area contributed by atoms with Crippen LogP contribution in [0.3, 0.4) is 0 Å². The molecule has 0 radical (unpaired) electrons. The number of ether oxygens (including phenoxy) is 2. The minimum absolute atomic E-state index is 0.267. The van der Waals surface area contributed by atoms with Gasteiger partial charge in [0.15, 0.2) is 5.75 Å². The summed E-state index contributed by atoms with van der Waals surface area (Å²) in [5.41, 5.74) is 5.17. The van der Waals surface area contributed by atoms with Gasteiger partial charge >= 0.3 is 8.25 Å². The molecule has 3 aromatic carbocycles. The van der Waals surface area contributed by atoms with E-state index in [1.165, 1.54) is 0 Å². The lowest BCUT2D eigenvalue weighted by Crippen LogP contribution is -2.36. The molecule has 5 rings (SSSR count). The molecular formula is C24H22ClN3O5P+. The topological polar surface area (TPSA) is 96.9 Å². The SMILES string of the molecule is Cc1ccc(Oc2nc3cc(-c4ccc(N5CCOCC5)cc4)c(Cl)cc3[nH]2)cc1O[P+](=O)O. The van der Waals surface area contributed by atoms with Crippen LogP contribution in [-0.2, 0) is 9.30 Å². The summed E-state index contributed by atoms with van der Waals surface area (Å²) in [5, 5.41) is 0.597. The number of rotatable bonds is 6. The van der Waals surface area contributed by atoms with Gasteiger partial charge in [-0.1, -0.05) is 29.8 Å². The van der Waals surface area contributed by atoms with E-state index in [0.717, 1.165) is 48.6 Å². The number of H-pyrrole nitrogens is 1.